The van der Waals surface area contributed by atoms with Gasteiger partial charge >= 0.3 is 5.97 Å². The standard InChI is InChI=1S/C13H21N3O2/c1-2-8-16-12(5-7-14-16)11-4-3-9-15(11)10-6-13(17)18/h5,7,11H,2-4,6,8-10H2,1H3,(H,17,18)/t11-/m1/s1. The van der Waals surface area contributed by atoms with Crippen LogP contribution < -0.4 is 0 Å². The molecule has 0 bridgehead atoms. The van der Waals surface area contributed by atoms with Crippen molar-refractivity contribution in [3.05, 3.63) is 18.0 Å². The summed E-state index contributed by atoms with van der Waals surface area (Å²) >= 11 is 0. The van der Waals surface area contributed by atoms with E-state index in [2.05, 4.69) is 27.7 Å². The van der Waals surface area contributed by atoms with Crippen LogP contribution >= 0.6 is 0 Å². The Hall–Kier alpha value is -1.36. The summed E-state index contributed by atoms with van der Waals surface area (Å²) in [6, 6.07) is 2.41. The van der Waals surface area contributed by atoms with Gasteiger partial charge in [0.2, 0.25) is 0 Å². The fraction of sp³-hybridized carbons (Fsp3) is 0.692. The number of aryl methyl sites for hydroxylation is 1. The Morgan fingerprint density at radius 2 is 2.39 bits per heavy atom. The summed E-state index contributed by atoms with van der Waals surface area (Å²) in [7, 11) is 0. The first-order valence-electron chi connectivity index (χ1n) is 6.70. The maximum absolute atomic E-state index is 10.7. The summed E-state index contributed by atoms with van der Waals surface area (Å²) in [5.41, 5.74) is 1.24. The van der Waals surface area contributed by atoms with E-state index < -0.39 is 5.97 Å². The van der Waals surface area contributed by atoms with Gasteiger partial charge in [0.15, 0.2) is 0 Å². The SMILES string of the molecule is CCCn1nccc1[C@H]1CCCN1CCC(=O)O. The van der Waals surface area contributed by atoms with Gasteiger partial charge in [-0.3, -0.25) is 14.4 Å². The fourth-order valence-corrected chi connectivity index (χ4v) is 2.69. The van der Waals surface area contributed by atoms with E-state index in [0.717, 1.165) is 32.4 Å². The lowest BCUT2D eigenvalue weighted by atomic mass is 10.1. The predicted octanol–water partition coefficient (Wildman–Crippen LogP) is 1.90. The van der Waals surface area contributed by atoms with Crippen LogP contribution in [0.15, 0.2) is 12.3 Å². The third kappa shape index (κ3) is 2.90. The van der Waals surface area contributed by atoms with Gasteiger partial charge in [0.1, 0.15) is 0 Å². The summed E-state index contributed by atoms with van der Waals surface area (Å²) in [6.07, 6.45) is 5.38. The van der Waals surface area contributed by atoms with Crippen molar-refractivity contribution in [2.45, 2.75) is 45.2 Å². The molecule has 18 heavy (non-hydrogen) atoms. The summed E-state index contributed by atoms with van der Waals surface area (Å²) in [6.45, 7) is 4.71. The first-order valence-corrected chi connectivity index (χ1v) is 6.70. The van der Waals surface area contributed by atoms with Gasteiger partial charge in [-0.15, -0.1) is 0 Å². The Morgan fingerprint density at radius 3 is 3.11 bits per heavy atom. The third-order valence-electron chi connectivity index (χ3n) is 3.50. The van der Waals surface area contributed by atoms with Gasteiger partial charge < -0.3 is 5.11 Å². The predicted molar refractivity (Wildman–Crippen MR) is 68.3 cm³/mol. The number of carbonyl (C=O) groups is 1. The number of likely N-dealkylation sites (tertiary alicyclic amines) is 1. The lowest BCUT2D eigenvalue weighted by Gasteiger charge is -2.24. The summed E-state index contributed by atoms with van der Waals surface area (Å²) in [5, 5.41) is 13.1. The lowest BCUT2D eigenvalue weighted by Crippen LogP contribution is -2.27. The van der Waals surface area contributed by atoms with Gasteiger partial charge in [-0.2, -0.15) is 5.10 Å². The highest BCUT2D eigenvalue weighted by atomic mass is 16.4. The van der Waals surface area contributed by atoms with E-state index >= 15 is 0 Å². The van der Waals surface area contributed by atoms with Crippen molar-refractivity contribution in [1.29, 1.82) is 0 Å². The van der Waals surface area contributed by atoms with Crippen LogP contribution in [0.25, 0.3) is 0 Å². The number of nitrogens with zero attached hydrogens (tertiary/aromatic N) is 3. The van der Waals surface area contributed by atoms with Crippen molar-refractivity contribution in [2.75, 3.05) is 13.1 Å². The number of aromatic nitrogens is 2. The number of rotatable bonds is 6. The average molecular weight is 251 g/mol. The van der Waals surface area contributed by atoms with E-state index in [1.54, 1.807) is 0 Å². The molecule has 1 aromatic rings. The lowest BCUT2D eigenvalue weighted by molar-refractivity contribution is -0.137. The van der Waals surface area contributed by atoms with Crippen molar-refractivity contribution < 1.29 is 9.90 Å². The highest BCUT2D eigenvalue weighted by molar-refractivity contribution is 5.66. The molecule has 1 aliphatic rings. The van der Waals surface area contributed by atoms with Crippen molar-refractivity contribution in [1.82, 2.24) is 14.7 Å². The zero-order valence-electron chi connectivity index (χ0n) is 10.9. The second-order valence-corrected chi connectivity index (χ2v) is 4.82. The Bertz CT molecular complexity index is 403. The van der Waals surface area contributed by atoms with Gasteiger partial charge in [-0.1, -0.05) is 6.92 Å². The van der Waals surface area contributed by atoms with Gasteiger partial charge in [0.05, 0.1) is 18.2 Å². The Morgan fingerprint density at radius 1 is 1.56 bits per heavy atom. The first-order chi connectivity index (χ1) is 8.72. The number of carboxylic acids is 1. The Labute approximate surface area is 107 Å². The second kappa shape index (κ2) is 6.00. The summed E-state index contributed by atoms with van der Waals surface area (Å²) < 4.78 is 2.06. The van der Waals surface area contributed by atoms with Gasteiger partial charge in [-0.25, -0.2) is 0 Å². The smallest absolute Gasteiger partial charge is 0.304 e. The molecule has 0 unspecified atom stereocenters. The fourth-order valence-electron chi connectivity index (χ4n) is 2.69. The van der Waals surface area contributed by atoms with Gasteiger partial charge in [-0.05, 0) is 31.9 Å². The molecule has 100 valence electrons. The quantitative estimate of drug-likeness (QED) is 0.839. The molecule has 2 heterocycles. The molecule has 1 atom stereocenters. The Kier molecular flexibility index (Phi) is 4.36. The van der Waals surface area contributed by atoms with Crippen LogP contribution in [0.2, 0.25) is 0 Å². The van der Waals surface area contributed by atoms with E-state index in [0.29, 0.717) is 12.6 Å². The van der Waals surface area contributed by atoms with Crippen LogP contribution in [0, 0.1) is 0 Å². The van der Waals surface area contributed by atoms with Crippen molar-refractivity contribution in [3.8, 4) is 0 Å². The summed E-state index contributed by atoms with van der Waals surface area (Å²) in [5.74, 6) is -0.720. The van der Waals surface area contributed by atoms with Gasteiger partial charge in [0.25, 0.3) is 0 Å². The van der Waals surface area contributed by atoms with Crippen molar-refractivity contribution >= 4 is 5.97 Å². The highest BCUT2D eigenvalue weighted by Crippen LogP contribution is 2.31. The zero-order chi connectivity index (χ0) is 13.0. The molecule has 0 radical (unpaired) electrons. The minimum atomic E-state index is -0.720. The maximum atomic E-state index is 10.7. The van der Waals surface area contributed by atoms with Crippen LogP contribution in [0.4, 0.5) is 0 Å². The molecular weight excluding hydrogens is 230 g/mol. The van der Waals surface area contributed by atoms with Crippen molar-refractivity contribution in [2.24, 2.45) is 0 Å². The number of hydrogen-bond donors (Lipinski definition) is 1. The molecule has 1 saturated heterocycles. The molecule has 2 rings (SSSR count). The molecule has 1 fully saturated rings. The number of carboxylic acid groups (broad SMARTS) is 1. The molecule has 0 aromatic carbocycles. The second-order valence-electron chi connectivity index (χ2n) is 4.82. The molecule has 0 spiro atoms. The largest absolute Gasteiger partial charge is 0.481 e. The molecule has 1 aliphatic heterocycles. The minimum absolute atomic E-state index is 0.221. The van der Waals surface area contributed by atoms with E-state index in [-0.39, 0.29) is 6.42 Å². The molecule has 0 saturated carbocycles. The molecular formula is C13H21N3O2. The zero-order valence-corrected chi connectivity index (χ0v) is 10.9. The average Bonchev–Trinajstić information content (AvgIpc) is 2.94. The number of hydrogen-bond acceptors (Lipinski definition) is 3. The van der Waals surface area contributed by atoms with E-state index in [1.807, 2.05) is 6.20 Å². The van der Waals surface area contributed by atoms with E-state index in [4.69, 9.17) is 5.11 Å². The normalized spacial score (nSPS) is 20.4. The molecule has 0 aliphatic carbocycles. The van der Waals surface area contributed by atoms with Crippen molar-refractivity contribution in [3.63, 3.8) is 0 Å². The molecule has 0 amide bonds. The van der Waals surface area contributed by atoms with Crippen LogP contribution in [0.1, 0.15) is 44.3 Å². The number of aliphatic carboxylic acids is 1. The molecule has 1 N–H and O–H groups in total. The van der Waals surface area contributed by atoms with Gasteiger partial charge in [0, 0.05) is 19.3 Å². The highest BCUT2D eigenvalue weighted by Gasteiger charge is 2.28. The maximum Gasteiger partial charge on any atom is 0.304 e. The Balaban J connectivity index is 2.05. The third-order valence-corrected chi connectivity index (χ3v) is 3.50. The van der Waals surface area contributed by atoms with Crippen LogP contribution in [0.3, 0.4) is 0 Å². The van der Waals surface area contributed by atoms with Crippen LogP contribution in [-0.4, -0.2) is 38.8 Å². The summed E-state index contributed by atoms with van der Waals surface area (Å²) in [4.78, 5) is 12.9. The first kappa shape index (κ1) is 13.1. The molecule has 5 heteroatoms. The van der Waals surface area contributed by atoms with E-state index in [1.165, 1.54) is 5.69 Å². The van der Waals surface area contributed by atoms with Crippen LogP contribution in [-0.2, 0) is 11.3 Å². The monoisotopic (exact) mass is 251 g/mol. The van der Waals surface area contributed by atoms with Crippen LogP contribution in [0.5, 0.6) is 0 Å². The molecule has 5 nitrogen and oxygen atoms in total. The molecule has 1 aromatic heterocycles. The topological polar surface area (TPSA) is 58.4 Å². The minimum Gasteiger partial charge on any atom is -0.481 e. The van der Waals surface area contributed by atoms with E-state index in [9.17, 15) is 4.79 Å².